The molecule has 0 saturated carbocycles. The Morgan fingerprint density at radius 3 is 2.48 bits per heavy atom. The van der Waals surface area contributed by atoms with Crippen LogP contribution in [0.2, 0.25) is 18.1 Å². The van der Waals surface area contributed by atoms with Gasteiger partial charge in [-0.25, -0.2) is 4.79 Å². The minimum Gasteiger partial charge on any atom is -0.406 e. The fraction of sp³-hybridized carbons (Fsp3) is 0.750. The largest absolute Gasteiger partial charge is 0.697 e. The summed E-state index contributed by atoms with van der Waals surface area (Å²) in [6.07, 6.45) is -2.18. The summed E-state index contributed by atoms with van der Waals surface area (Å²) < 4.78 is 39.9. The molecule has 1 aromatic rings. The Bertz CT molecular complexity index is 835. The van der Waals surface area contributed by atoms with Crippen LogP contribution >= 0.6 is 8.25 Å². The first-order chi connectivity index (χ1) is 13.4. The van der Waals surface area contributed by atoms with Crippen molar-refractivity contribution in [3.63, 3.8) is 0 Å². The minimum atomic E-state index is -2.85. The predicted octanol–water partition coefficient (Wildman–Crippen LogP) is 1.44. The fourth-order valence-corrected chi connectivity index (χ4v) is 4.06. The molecule has 5 atom stereocenters. The van der Waals surface area contributed by atoms with E-state index in [0.717, 1.165) is 0 Å². The average molecular weight is 451 g/mol. The van der Waals surface area contributed by atoms with E-state index in [0.29, 0.717) is 0 Å². The van der Waals surface area contributed by atoms with Crippen molar-refractivity contribution >= 4 is 16.6 Å². The molecule has 11 nitrogen and oxygen atoms in total. The third-order valence-electron chi connectivity index (χ3n) is 5.18. The highest BCUT2D eigenvalue weighted by Crippen LogP contribution is 2.42. The number of aromatic amines is 1. The van der Waals surface area contributed by atoms with E-state index in [4.69, 9.17) is 23.5 Å². The molecule has 2 rings (SSSR count). The fourth-order valence-electron chi connectivity index (χ4n) is 2.63. The first kappa shape index (κ1) is 24.0. The molecule has 0 aliphatic carbocycles. The highest BCUT2D eigenvalue weighted by molar-refractivity contribution is 7.32. The Morgan fingerprint density at radius 2 is 1.97 bits per heavy atom. The summed E-state index contributed by atoms with van der Waals surface area (Å²) in [4.78, 5) is 34.6. The van der Waals surface area contributed by atoms with Crippen LogP contribution in [0.15, 0.2) is 21.9 Å². The lowest BCUT2D eigenvalue weighted by atomic mass is 10.2. The number of nitrogens with zero attached hydrogens (tertiary/aromatic N) is 1. The van der Waals surface area contributed by atoms with Gasteiger partial charge in [-0.3, -0.25) is 14.3 Å². The molecular weight excluding hydrogens is 423 g/mol. The zero-order valence-electron chi connectivity index (χ0n) is 17.3. The lowest BCUT2D eigenvalue weighted by molar-refractivity contribution is -0.200. The lowest BCUT2D eigenvalue weighted by Crippen LogP contribution is -2.50. The van der Waals surface area contributed by atoms with Gasteiger partial charge in [-0.1, -0.05) is 25.3 Å². The average Bonchev–Trinajstić information content (AvgIpc) is 2.90. The highest BCUT2D eigenvalue weighted by Gasteiger charge is 2.52. The Morgan fingerprint density at radius 1 is 1.31 bits per heavy atom. The Labute approximate surface area is 170 Å². The van der Waals surface area contributed by atoms with Crippen molar-refractivity contribution < 1.29 is 32.6 Å². The second-order valence-electron chi connectivity index (χ2n) is 8.11. The molecule has 1 saturated heterocycles. The Balaban J connectivity index is 2.37. The van der Waals surface area contributed by atoms with Crippen molar-refractivity contribution in [3.8, 4) is 0 Å². The van der Waals surface area contributed by atoms with Gasteiger partial charge in [0.2, 0.25) is 6.79 Å². The second kappa shape index (κ2) is 9.27. The van der Waals surface area contributed by atoms with E-state index in [1.165, 1.54) is 23.9 Å². The Kier molecular flexibility index (Phi) is 7.68. The first-order valence-corrected chi connectivity index (χ1v) is 13.0. The zero-order chi connectivity index (χ0) is 22.0. The minimum absolute atomic E-state index is 0.131. The van der Waals surface area contributed by atoms with Gasteiger partial charge in [0, 0.05) is 23.9 Å². The van der Waals surface area contributed by atoms with Crippen LogP contribution in [0.5, 0.6) is 0 Å². The van der Waals surface area contributed by atoms with Crippen LogP contribution in [-0.4, -0.2) is 55.2 Å². The molecule has 2 heterocycles. The smallest absolute Gasteiger partial charge is 0.406 e. The topological polar surface area (TPSA) is 138 Å². The third kappa shape index (κ3) is 5.67. The molecule has 0 aromatic carbocycles. The van der Waals surface area contributed by atoms with Crippen molar-refractivity contribution in [2.45, 2.75) is 63.6 Å². The van der Waals surface area contributed by atoms with E-state index in [1.807, 2.05) is 13.1 Å². The number of rotatable bonds is 8. The summed E-state index contributed by atoms with van der Waals surface area (Å²) in [6, 6.07) is 1.19. The molecule has 1 aromatic heterocycles. The molecule has 1 unspecified atom stereocenters. The SMILES string of the molecule is CO[C@@H]1[C@H](O[Si](C)(C)C(C)(C)C)[C@@H](OCO[P+](=O)O)O[C@H]1n1ccc(=O)[nH]c1=O. The number of aromatic nitrogens is 2. The van der Waals surface area contributed by atoms with Gasteiger partial charge in [-0.2, -0.15) is 0 Å². The van der Waals surface area contributed by atoms with E-state index in [2.05, 4.69) is 30.3 Å². The van der Waals surface area contributed by atoms with Crippen LogP contribution in [-0.2, 0) is 27.7 Å². The summed E-state index contributed by atoms with van der Waals surface area (Å²) in [5.41, 5.74) is -1.22. The van der Waals surface area contributed by atoms with E-state index >= 15 is 0 Å². The van der Waals surface area contributed by atoms with Crippen molar-refractivity contribution in [3.05, 3.63) is 33.1 Å². The van der Waals surface area contributed by atoms with Crippen LogP contribution in [0.1, 0.15) is 27.0 Å². The summed E-state index contributed by atoms with van der Waals surface area (Å²) in [5.74, 6) is 0. The van der Waals surface area contributed by atoms with Crippen LogP contribution in [0.3, 0.4) is 0 Å². The lowest BCUT2D eigenvalue weighted by Gasteiger charge is -2.40. The van der Waals surface area contributed by atoms with E-state index < -0.39 is 59.3 Å². The molecule has 164 valence electrons. The third-order valence-corrected chi connectivity index (χ3v) is 9.98. The van der Waals surface area contributed by atoms with Crippen LogP contribution in [0, 0.1) is 0 Å². The van der Waals surface area contributed by atoms with Gasteiger partial charge in [-0.05, 0) is 18.1 Å². The van der Waals surface area contributed by atoms with Gasteiger partial charge >= 0.3 is 13.9 Å². The molecule has 0 bridgehead atoms. The van der Waals surface area contributed by atoms with E-state index in [-0.39, 0.29) is 5.04 Å². The van der Waals surface area contributed by atoms with Crippen molar-refractivity contribution in [1.82, 2.24) is 9.55 Å². The normalized spacial score (nSPS) is 26.0. The monoisotopic (exact) mass is 451 g/mol. The van der Waals surface area contributed by atoms with Crippen molar-refractivity contribution in [2.75, 3.05) is 13.9 Å². The number of ether oxygens (including phenoxy) is 3. The molecular formula is C16H28N2O9PSi+. The molecule has 1 aliphatic heterocycles. The van der Waals surface area contributed by atoms with Gasteiger partial charge in [0.05, 0.1) is 0 Å². The van der Waals surface area contributed by atoms with Gasteiger partial charge in [0.25, 0.3) is 5.56 Å². The number of methoxy groups -OCH3 is 1. The van der Waals surface area contributed by atoms with E-state index in [9.17, 15) is 14.2 Å². The maximum Gasteiger partial charge on any atom is 0.697 e. The van der Waals surface area contributed by atoms with Gasteiger partial charge in [-0.15, -0.1) is 4.89 Å². The van der Waals surface area contributed by atoms with E-state index in [1.54, 1.807) is 0 Å². The highest BCUT2D eigenvalue weighted by atomic mass is 31.1. The molecule has 0 radical (unpaired) electrons. The molecule has 1 fully saturated rings. The number of hydrogen-bond acceptors (Lipinski definition) is 8. The van der Waals surface area contributed by atoms with Crippen LogP contribution < -0.4 is 11.2 Å². The summed E-state index contributed by atoms with van der Waals surface area (Å²) >= 11 is 0. The molecule has 2 N–H and O–H groups in total. The summed E-state index contributed by atoms with van der Waals surface area (Å²) in [6.45, 7) is 9.76. The zero-order valence-corrected chi connectivity index (χ0v) is 19.2. The van der Waals surface area contributed by atoms with Crippen molar-refractivity contribution in [1.29, 1.82) is 0 Å². The molecule has 13 heteroatoms. The number of H-pyrrole nitrogens is 1. The van der Waals surface area contributed by atoms with Crippen LogP contribution in [0.4, 0.5) is 0 Å². The Hall–Kier alpha value is -1.24. The number of nitrogens with one attached hydrogen (secondary N) is 1. The van der Waals surface area contributed by atoms with Gasteiger partial charge in [0.15, 0.2) is 20.8 Å². The van der Waals surface area contributed by atoms with Crippen LogP contribution in [0.25, 0.3) is 0 Å². The molecule has 0 spiro atoms. The standard InChI is InChI=1S/C16H27N2O9PSi/c1-16(2,3)29(5,6)27-12-11(23-4)13(18-8-7-10(19)17-15(18)20)26-14(12)24-9-25-28(21)22/h7-8,11-14H,9H2,1-6H3,(H-,17,19,20,21,22)/p+1/t11-,12+,13-,14+/m1/s1. The number of hydrogen-bond donors (Lipinski definition) is 2. The maximum atomic E-state index is 12.3. The predicted molar refractivity (Wildman–Crippen MR) is 105 cm³/mol. The quantitative estimate of drug-likeness (QED) is 0.341. The molecule has 29 heavy (non-hydrogen) atoms. The molecule has 0 amide bonds. The van der Waals surface area contributed by atoms with Gasteiger partial charge < -0.3 is 18.6 Å². The molecule has 1 aliphatic rings. The van der Waals surface area contributed by atoms with Gasteiger partial charge in [0.1, 0.15) is 12.2 Å². The maximum absolute atomic E-state index is 12.3. The second-order valence-corrected chi connectivity index (χ2v) is 13.6. The van der Waals surface area contributed by atoms with Crippen molar-refractivity contribution in [2.24, 2.45) is 0 Å². The summed E-state index contributed by atoms with van der Waals surface area (Å²) in [5, 5.41) is -0.131. The first-order valence-electron chi connectivity index (χ1n) is 8.95. The summed E-state index contributed by atoms with van der Waals surface area (Å²) in [7, 11) is -3.72.